The molecule has 0 saturated heterocycles. The Hall–Kier alpha value is -1.09. The van der Waals surface area contributed by atoms with Gasteiger partial charge in [0, 0.05) is 11.4 Å². The van der Waals surface area contributed by atoms with E-state index >= 15 is 0 Å². The van der Waals surface area contributed by atoms with Gasteiger partial charge in [0.05, 0.1) is 0 Å². The number of hydrogen-bond acceptors (Lipinski definition) is 2. The lowest BCUT2D eigenvalue weighted by Crippen LogP contribution is -2.01. The summed E-state index contributed by atoms with van der Waals surface area (Å²) in [6.45, 7) is 3.69. The molecule has 80 valence electrons. The minimum absolute atomic E-state index is 0.255. The summed E-state index contributed by atoms with van der Waals surface area (Å²) in [5.41, 5.74) is 2.10. The first kappa shape index (κ1) is 12.0. The van der Waals surface area contributed by atoms with E-state index in [0.29, 0.717) is 6.61 Å². The number of esters is 1. The molecule has 0 radical (unpaired) electrons. The molecule has 0 atom stereocenters. The van der Waals surface area contributed by atoms with Crippen LogP contribution in [0, 0.1) is 0 Å². The van der Waals surface area contributed by atoms with Gasteiger partial charge in [-0.2, -0.15) is 0 Å². The summed E-state index contributed by atoms with van der Waals surface area (Å²) in [6.07, 6.45) is 1.99. The van der Waals surface area contributed by atoms with Crippen LogP contribution in [0.25, 0.3) is 6.08 Å². The second-order valence-corrected chi connectivity index (χ2v) is 4.15. The second-order valence-electron chi connectivity index (χ2n) is 3.29. The number of rotatable bonds is 3. The zero-order valence-electron chi connectivity index (χ0n) is 8.79. The summed E-state index contributed by atoms with van der Waals surface area (Å²) < 4.78 is 5.93. The molecule has 1 aromatic carbocycles. The molecule has 0 amide bonds. The van der Waals surface area contributed by atoms with E-state index in [1.54, 1.807) is 0 Å². The second kappa shape index (κ2) is 5.71. The van der Waals surface area contributed by atoms with Crippen LogP contribution in [-0.2, 0) is 9.53 Å². The normalized spacial score (nSPS) is 11.3. The van der Waals surface area contributed by atoms with Gasteiger partial charge in [0.2, 0.25) is 0 Å². The Bertz CT molecular complexity index is 383. The molecule has 3 heteroatoms. The maximum absolute atomic E-state index is 10.6. The van der Waals surface area contributed by atoms with Crippen LogP contribution in [0.2, 0.25) is 0 Å². The lowest BCUT2D eigenvalue weighted by atomic mass is 10.1. The molecule has 0 unspecified atom stereocenters. The topological polar surface area (TPSA) is 26.3 Å². The molecule has 0 N–H and O–H groups in total. The molecule has 0 heterocycles. The summed E-state index contributed by atoms with van der Waals surface area (Å²) in [5, 5.41) is 0. The Morgan fingerprint density at radius 3 is 2.67 bits per heavy atom. The third-order valence-corrected chi connectivity index (χ3v) is 2.53. The van der Waals surface area contributed by atoms with Crippen LogP contribution in [-0.4, -0.2) is 12.6 Å². The molecule has 0 aliphatic carbocycles. The molecule has 0 aromatic heterocycles. The Morgan fingerprint density at radius 1 is 1.40 bits per heavy atom. The number of hydrogen-bond donors (Lipinski definition) is 0. The number of carbonyl (C=O) groups excluding carboxylic acids is 1. The van der Waals surface area contributed by atoms with Crippen molar-refractivity contribution in [1.82, 2.24) is 0 Å². The van der Waals surface area contributed by atoms with Crippen LogP contribution in [0.1, 0.15) is 19.4 Å². The Morgan fingerprint density at radius 2 is 2.07 bits per heavy atom. The minimum atomic E-state index is -0.255. The van der Waals surface area contributed by atoms with Crippen LogP contribution >= 0.6 is 15.9 Å². The van der Waals surface area contributed by atoms with Gasteiger partial charge in [-0.3, -0.25) is 4.79 Å². The quantitative estimate of drug-likeness (QED) is 0.786. The van der Waals surface area contributed by atoms with Gasteiger partial charge in [-0.1, -0.05) is 40.2 Å². The van der Waals surface area contributed by atoms with Crippen molar-refractivity contribution in [2.75, 3.05) is 6.61 Å². The van der Waals surface area contributed by atoms with Gasteiger partial charge in [-0.15, -0.1) is 0 Å². The highest BCUT2D eigenvalue weighted by atomic mass is 79.9. The van der Waals surface area contributed by atoms with Crippen LogP contribution < -0.4 is 0 Å². The highest BCUT2D eigenvalue weighted by molar-refractivity contribution is 9.10. The van der Waals surface area contributed by atoms with Crippen LogP contribution in [0.15, 0.2) is 34.3 Å². The summed E-state index contributed by atoms with van der Waals surface area (Å²) >= 11 is 3.45. The molecule has 1 aromatic rings. The van der Waals surface area contributed by atoms with Gasteiger partial charge in [-0.25, -0.2) is 0 Å². The number of benzene rings is 1. The molecule has 0 aliphatic rings. The molecule has 0 spiro atoms. The number of carbonyl (C=O) groups is 1. The number of ether oxygens (including phenoxy) is 1. The van der Waals surface area contributed by atoms with Gasteiger partial charge in [0.1, 0.15) is 6.61 Å². The van der Waals surface area contributed by atoms with E-state index in [0.717, 1.165) is 15.6 Å². The van der Waals surface area contributed by atoms with E-state index in [1.165, 1.54) is 6.92 Å². The first-order valence-electron chi connectivity index (χ1n) is 4.64. The zero-order chi connectivity index (χ0) is 11.3. The van der Waals surface area contributed by atoms with Crippen molar-refractivity contribution >= 4 is 28.0 Å². The molecular weight excluding hydrogens is 256 g/mol. The Kier molecular flexibility index (Phi) is 4.56. The summed E-state index contributed by atoms with van der Waals surface area (Å²) in [5.74, 6) is -0.255. The Labute approximate surface area is 98.1 Å². The SMILES string of the molecule is CC(=O)OC/C(C)=C/c1ccccc1Br. The van der Waals surface area contributed by atoms with Crippen molar-refractivity contribution in [3.63, 3.8) is 0 Å². The third kappa shape index (κ3) is 4.30. The van der Waals surface area contributed by atoms with Crippen LogP contribution in [0.3, 0.4) is 0 Å². The monoisotopic (exact) mass is 268 g/mol. The van der Waals surface area contributed by atoms with Crippen molar-refractivity contribution in [3.8, 4) is 0 Å². The van der Waals surface area contributed by atoms with E-state index < -0.39 is 0 Å². The fourth-order valence-electron chi connectivity index (χ4n) is 1.11. The maximum atomic E-state index is 10.6. The minimum Gasteiger partial charge on any atom is -0.461 e. The Balaban J connectivity index is 2.70. The molecule has 0 bridgehead atoms. The first-order valence-corrected chi connectivity index (χ1v) is 5.44. The fraction of sp³-hybridized carbons (Fsp3) is 0.250. The first-order chi connectivity index (χ1) is 7.09. The predicted octanol–water partition coefficient (Wildman–Crippen LogP) is 3.42. The van der Waals surface area contributed by atoms with E-state index in [2.05, 4.69) is 15.9 Å². The van der Waals surface area contributed by atoms with E-state index in [9.17, 15) is 4.79 Å². The lowest BCUT2D eigenvalue weighted by Gasteiger charge is -2.03. The standard InChI is InChI=1S/C12H13BrO2/c1-9(8-15-10(2)14)7-11-5-3-4-6-12(11)13/h3-7H,8H2,1-2H3/b9-7+. The van der Waals surface area contributed by atoms with Crippen molar-refractivity contribution in [2.45, 2.75) is 13.8 Å². The molecule has 0 fully saturated rings. The maximum Gasteiger partial charge on any atom is 0.302 e. The predicted molar refractivity (Wildman–Crippen MR) is 64.4 cm³/mol. The average molecular weight is 269 g/mol. The van der Waals surface area contributed by atoms with Crippen molar-refractivity contribution < 1.29 is 9.53 Å². The summed E-state index contributed by atoms with van der Waals surface area (Å²) in [6, 6.07) is 7.91. The molecule has 0 saturated carbocycles. The van der Waals surface area contributed by atoms with Gasteiger partial charge in [0.25, 0.3) is 0 Å². The largest absolute Gasteiger partial charge is 0.461 e. The molecule has 0 aliphatic heterocycles. The fourth-order valence-corrected chi connectivity index (χ4v) is 1.51. The van der Waals surface area contributed by atoms with Crippen LogP contribution in [0.5, 0.6) is 0 Å². The van der Waals surface area contributed by atoms with Crippen molar-refractivity contribution in [2.24, 2.45) is 0 Å². The highest BCUT2D eigenvalue weighted by Crippen LogP contribution is 2.18. The zero-order valence-corrected chi connectivity index (χ0v) is 10.4. The summed E-state index contributed by atoms with van der Waals surface area (Å²) in [7, 11) is 0. The third-order valence-electron chi connectivity index (χ3n) is 1.81. The summed E-state index contributed by atoms with van der Waals surface area (Å²) in [4.78, 5) is 10.6. The van der Waals surface area contributed by atoms with E-state index in [-0.39, 0.29) is 5.97 Å². The van der Waals surface area contributed by atoms with Gasteiger partial charge >= 0.3 is 5.97 Å². The molecule has 2 nitrogen and oxygen atoms in total. The van der Waals surface area contributed by atoms with Crippen LogP contribution in [0.4, 0.5) is 0 Å². The smallest absolute Gasteiger partial charge is 0.302 e. The van der Waals surface area contributed by atoms with E-state index in [4.69, 9.17) is 4.74 Å². The van der Waals surface area contributed by atoms with Crippen molar-refractivity contribution in [1.29, 1.82) is 0 Å². The lowest BCUT2D eigenvalue weighted by molar-refractivity contribution is -0.139. The average Bonchev–Trinajstić information content (AvgIpc) is 2.18. The van der Waals surface area contributed by atoms with Crippen molar-refractivity contribution in [3.05, 3.63) is 39.9 Å². The number of halogens is 1. The van der Waals surface area contributed by atoms with Gasteiger partial charge in [-0.05, 0) is 24.1 Å². The van der Waals surface area contributed by atoms with Gasteiger partial charge < -0.3 is 4.74 Å². The van der Waals surface area contributed by atoms with Gasteiger partial charge in [0.15, 0.2) is 0 Å². The molecule has 15 heavy (non-hydrogen) atoms. The molecular formula is C12H13BrO2. The van der Waals surface area contributed by atoms with E-state index in [1.807, 2.05) is 37.3 Å². The highest BCUT2D eigenvalue weighted by Gasteiger charge is 1.97. The molecule has 1 rings (SSSR count).